The van der Waals surface area contributed by atoms with Crippen molar-refractivity contribution in [3.05, 3.63) is 16.1 Å². The van der Waals surface area contributed by atoms with Crippen molar-refractivity contribution in [2.45, 2.75) is 39.3 Å². The highest BCUT2D eigenvalue weighted by molar-refractivity contribution is 8.13. The third-order valence-corrected chi connectivity index (χ3v) is 4.55. The van der Waals surface area contributed by atoms with Crippen LogP contribution in [0.3, 0.4) is 0 Å². The molecule has 0 aliphatic carbocycles. The van der Waals surface area contributed by atoms with Gasteiger partial charge in [0.05, 0.1) is 6.54 Å². The number of aromatic nitrogens is 1. The van der Waals surface area contributed by atoms with Crippen LogP contribution in [0, 0.1) is 0 Å². The second-order valence-electron chi connectivity index (χ2n) is 3.88. The lowest BCUT2D eigenvalue weighted by Crippen LogP contribution is -2.35. The lowest BCUT2D eigenvalue weighted by Gasteiger charge is -2.21. The Labute approximate surface area is 105 Å². The molecule has 1 atom stereocenters. The molecule has 2 rings (SSSR count). The second-order valence-corrected chi connectivity index (χ2v) is 6.16. The molecule has 2 heterocycles. The van der Waals surface area contributed by atoms with Gasteiger partial charge < -0.3 is 5.32 Å². The number of thioether (sulfide) groups is 1. The van der Waals surface area contributed by atoms with Crippen LogP contribution in [0.25, 0.3) is 0 Å². The summed E-state index contributed by atoms with van der Waals surface area (Å²) in [5, 5.41) is 5.59. The van der Waals surface area contributed by atoms with E-state index in [1.54, 1.807) is 11.3 Å². The number of aliphatic imine (C=N–C) groups is 1. The molecule has 5 heteroatoms. The highest BCUT2D eigenvalue weighted by Gasteiger charge is 2.12. The Morgan fingerprint density at radius 2 is 2.50 bits per heavy atom. The van der Waals surface area contributed by atoms with Crippen LogP contribution in [0.1, 0.15) is 30.2 Å². The number of hydrogen-bond donors (Lipinski definition) is 1. The fourth-order valence-corrected chi connectivity index (χ4v) is 3.36. The monoisotopic (exact) mass is 255 g/mol. The number of rotatable bonds is 3. The van der Waals surface area contributed by atoms with E-state index in [-0.39, 0.29) is 0 Å². The molecular weight excluding hydrogens is 238 g/mol. The van der Waals surface area contributed by atoms with Gasteiger partial charge in [-0.05, 0) is 19.8 Å². The first-order valence-electron chi connectivity index (χ1n) is 5.65. The van der Waals surface area contributed by atoms with Crippen LogP contribution in [0.4, 0.5) is 0 Å². The molecule has 1 aromatic rings. The Bertz CT molecular complexity index is 373. The van der Waals surface area contributed by atoms with Gasteiger partial charge in [0.1, 0.15) is 5.01 Å². The van der Waals surface area contributed by atoms with Gasteiger partial charge in [0.25, 0.3) is 0 Å². The summed E-state index contributed by atoms with van der Waals surface area (Å²) >= 11 is 3.58. The molecule has 0 amide bonds. The molecule has 1 saturated heterocycles. The van der Waals surface area contributed by atoms with Crippen molar-refractivity contribution in [3.63, 3.8) is 0 Å². The van der Waals surface area contributed by atoms with Crippen molar-refractivity contribution in [1.29, 1.82) is 0 Å². The molecule has 0 radical (unpaired) electrons. The summed E-state index contributed by atoms with van der Waals surface area (Å²) in [6, 6.07) is 0.558. The highest BCUT2D eigenvalue weighted by atomic mass is 32.2. The van der Waals surface area contributed by atoms with Crippen LogP contribution in [-0.2, 0) is 13.0 Å². The fourth-order valence-electron chi connectivity index (χ4n) is 1.47. The fraction of sp³-hybridized carbons (Fsp3) is 0.636. The average Bonchev–Trinajstić information content (AvgIpc) is 2.74. The molecular formula is C11H17N3S2. The third kappa shape index (κ3) is 3.22. The second kappa shape index (κ2) is 5.68. The minimum Gasteiger partial charge on any atom is -0.362 e. The molecule has 88 valence electrons. The number of amidine groups is 1. The maximum Gasteiger partial charge on any atom is 0.157 e. The van der Waals surface area contributed by atoms with Gasteiger partial charge in [0, 0.05) is 22.9 Å². The van der Waals surface area contributed by atoms with E-state index in [1.165, 1.54) is 17.1 Å². The van der Waals surface area contributed by atoms with Crippen LogP contribution < -0.4 is 5.32 Å². The Morgan fingerprint density at radius 3 is 3.19 bits per heavy atom. The number of nitrogens with one attached hydrogen (secondary N) is 1. The maximum absolute atomic E-state index is 4.57. The van der Waals surface area contributed by atoms with E-state index in [1.807, 2.05) is 18.0 Å². The summed E-state index contributed by atoms with van der Waals surface area (Å²) < 4.78 is 0. The third-order valence-electron chi connectivity index (χ3n) is 2.47. The predicted molar refractivity (Wildman–Crippen MR) is 72.3 cm³/mol. The molecule has 1 aromatic heterocycles. The van der Waals surface area contributed by atoms with Gasteiger partial charge in [-0.2, -0.15) is 0 Å². The maximum atomic E-state index is 4.57. The smallest absolute Gasteiger partial charge is 0.157 e. The molecule has 1 fully saturated rings. The summed E-state index contributed by atoms with van der Waals surface area (Å²) in [7, 11) is 0. The van der Waals surface area contributed by atoms with E-state index >= 15 is 0 Å². The zero-order valence-corrected chi connectivity index (χ0v) is 11.3. The summed E-state index contributed by atoms with van der Waals surface area (Å²) in [5.41, 5.74) is 0. The van der Waals surface area contributed by atoms with Gasteiger partial charge in [-0.25, -0.2) is 4.98 Å². The van der Waals surface area contributed by atoms with Gasteiger partial charge in [0.15, 0.2) is 5.17 Å². The van der Waals surface area contributed by atoms with Gasteiger partial charge in [0.2, 0.25) is 0 Å². The normalized spacial score (nSPS) is 23.4. The van der Waals surface area contributed by atoms with Crippen LogP contribution in [0.15, 0.2) is 11.2 Å². The lowest BCUT2D eigenvalue weighted by molar-refractivity contribution is 0.642. The molecule has 3 nitrogen and oxygen atoms in total. The Hall–Kier alpha value is -0.550. The first kappa shape index (κ1) is 11.9. The minimum atomic E-state index is 0.558. The van der Waals surface area contributed by atoms with Crippen molar-refractivity contribution in [2.24, 2.45) is 4.99 Å². The molecule has 0 aromatic carbocycles. The Kier molecular flexibility index (Phi) is 4.23. The largest absolute Gasteiger partial charge is 0.362 e. The molecule has 1 aliphatic heterocycles. The first-order valence-corrected chi connectivity index (χ1v) is 7.45. The molecule has 1 aliphatic rings. The van der Waals surface area contributed by atoms with E-state index in [2.05, 4.69) is 29.1 Å². The molecule has 0 spiro atoms. The predicted octanol–water partition coefficient (Wildman–Crippen LogP) is 2.68. The van der Waals surface area contributed by atoms with Crippen LogP contribution in [-0.4, -0.2) is 21.9 Å². The molecule has 16 heavy (non-hydrogen) atoms. The molecule has 0 saturated carbocycles. The van der Waals surface area contributed by atoms with Gasteiger partial charge in [-0.3, -0.25) is 4.99 Å². The van der Waals surface area contributed by atoms with Crippen molar-refractivity contribution in [2.75, 3.05) is 5.75 Å². The SMILES string of the molecule is CCc1cnc(CN=C2NC(C)CCS2)s1. The van der Waals surface area contributed by atoms with Gasteiger partial charge in [-0.1, -0.05) is 18.7 Å². The minimum absolute atomic E-state index is 0.558. The zero-order chi connectivity index (χ0) is 11.4. The Balaban J connectivity index is 1.92. The number of nitrogens with zero attached hydrogens (tertiary/aromatic N) is 2. The molecule has 1 unspecified atom stereocenters. The van der Waals surface area contributed by atoms with Crippen LogP contribution in [0.5, 0.6) is 0 Å². The van der Waals surface area contributed by atoms with E-state index in [0.29, 0.717) is 12.6 Å². The van der Waals surface area contributed by atoms with E-state index < -0.39 is 0 Å². The first-order chi connectivity index (χ1) is 7.78. The zero-order valence-electron chi connectivity index (χ0n) is 9.69. The molecule has 0 bridgehead atoms. The van der Waals surface area contributed by atoms with Crippen molar-refractivity contribution >= 4 is 28.3 Å². The van der Waals surface area contributed by atoms with Crippen molar-refractivity contribution in [3.8, 4) is 0 Å². The number of aryl methyl sites for hydroxylation is 1. The lowest BCUT2D eigenvalue weighted by atomic mass is 10.3. The van der Waals surface area contributed by atoms with Crippen LogP contribution in [0.2, 0.25) is 0 Å². The Morgan fingerprint density at radius 1 is 1.62 bits per heavy atom. The summed E-state index contributed by atoms with van der Waals surface area (Å²) in [4.78, 5) is 10.3. The van der Waals surface area contributed by atoms with E-state index in [0.717, 1.165) is 16.6 Å². The van der Waals surface area contributed by atoms with E-state index in [4.69, 9.17) is 0 Å². The van der Waals surface area contributed by atoms with Crippen molar-refractivity contribution < 1.29 is 0 Å². The quantitative estimate of drug-likeness (QED) is 0.902. The van der Waals surface area contributed by atoms with Crippen LogP contribution >= 0.6 is 23.1 Å². The summed E-state index contributed by atoms with van der Waals surface area (Å²) in [5.74, 6) is 1.17. The van der Waals surface area contributed by atoms with Crippen molar-refractivity contribution in [1.82, 2.24) is 10.3 Å². The number of thiazole rings is 1. The highest BCUT2D eigenvalue weighted by Crippen LogP contribution is 2.17. The van der Waals surface area contributed by atoms with Gasteiger partial charge >= 0.3 is 0 Å². The summed E-state index contributed by atoms with van der Waals surface area (Å²) in [6.07, 6.45) is 4.25. The number of hydrogen-bond acceptors (Lipinski definition) is 4. The summed E-state index contributed by atoms with van der Waals surface area (Å²) in [6.45, 7) is 5.07. The average molecular weight is 255 g/mol. The van der Waals surface area contributed by atoms with E-state index in [9.17, 15) is 0 Å². The molecule has 1 N–H and O–H groups in total. The standard InChI is InChI=1S/C11H17N3S2/c1-3-9-6-12-10(16-9)7-13-11-14-8(2)4-5-15-11/h6,8H,3-5,7H2,1-2H3,(H,13,14). The van der Waals surface area contributed by atoms with Gasteiger partial charge in [-0.15, -0.1) is 11.3 Å². The topological polar surface area (TPSA) is 37.3 Å².